The average Bonchev–Trinajstić information content (AvgIpc) is 2.16. The fraction of sp³-hybridized carbons (Fsp3) is 0.364. The minimum absolute atomic E-state index is 0.206. The molecule has 0 aromatic heterocycles. The van der Waals surface area contributed by atoms with Crippen LogP contribution in [-0.2, 0) is 0 Å². The lowest BCUT2D eigenvalue weighted by Crippen LogP contribution is -1.98. The van der Waals surface area contributed by atoms with Gasteiger partial charge in [-0.3, -0.25) is 4.79 Å². The number of carbonyl (C=O) groups excluding carboxylic acids is 1. The molecular weight excluding hydrogens is 200 g/mol. The second-order valence-electron chi connectivity index (χ2n) is 3.36. The summed E-state index contributed by atoms with van der Waals surface area (Å²) in [6, 6.07) is 3.44. The zero-order valence-corrected chi connectivity index (χ0v) is 9.26. The molecule has 0 fully saturated rings. The molecule has 0 saturated heterocycles. The normalized spacial score (nSPS) is 10.4. The van der Waals surface area contributed by atoms with E-state index in [1.165, 1.54) is 0 Å². The van der Waals surface area contributed by atoms with Crippen molar-refractivity contribution < 1.29 is 9.53 Å². The second kappa shape index (κ2) is 4.47. The first kappa shape index (κ1) is 11.1. The number of halogens is 1. The van der Waals surface area contributed by atoms with Gasteiger partial charge >= 0.3 is 0 Å². The maximum absolute atomic E-state index is 10.8. The predicted octanol–water partition coefficient (Wildman–Crippen LogP) is 3.28. The van der Waals surface area contributed by atoms with Crippen molar-refractivity contribution in [3.05, 3.63) is 28.3 Å². The van der Waals surface area contributed by atoms with Crippen LogP contribution in [0, 0.1) is 0 Å². The molecule has 0 N–H and O–H groups in total. The highest BCUT2D eigenvalue weighted by Crippen LogP contribution is 2.34. The van der Waals surface area contributed by atoms with E-state index in [9.17, 15) is 4.79 Å². The maximum atomic E-state index is 10.8. The Morgan fingerprint density at radius 3 is 2.50 bits per heavy atom. The van der Waals surface area contributed by atoms with Crippen molar-refractivity contribution in [2.45, 2.75) is 19.8 Å². The molecule has 0 spiro atoms. The number of benzene rings is 1. The molecule has 14 heavy (non-hydrogen) atoms. The average molecular weight is 213 g/mol. The van der Waals surface area contributed by atoms with Crippen LogP contribution in [0.15, 0.2) is 12.1 Å². The first-order valence-electron chi connectivity index (χ1n) is 4.43. The Balaban J connectivity index is 3.38. The van der Waals surface area contributed by atoms with Crippen LogP contribution in [0.2, 0.25) is 5.02 Å². The van der Waals surface area contributed by atoms with Crippen LogP contribution in [0.25, 0.3) is 0 Å². The number of rotatable bonds is 3. The number of hydrogen-bond donors (Lipinski definition) is 0. The number of ether oxygens (including phenoxy) is 1. The summed E-state index contributed by atoms with van der Waals surface area (Å²) in [7, 11) is 1.56. The van der Waals surface area contributed by atoms with Crippen molar-refractivity contribution in [2.24, 2.45) is 0 Å². The number of aldehydes is 1. The van der Waals surface area contributed by atoms with Crippen molar-refractivity contribution in [3.63, 3.8) is 0 Å². The van der Waals surface area contributed by atoms with E-state index in [2.05, 4.69) is 0 Å². The van der Waals surface area contributed by atoms with Crippen LogP contribution in [0.4, 0.5) is 0 Å². The summed E-state index contributed by atoms with van der Waals surface area (Å²) in [6.07, 6.45) is 0.820. The number of methoxy groups -OCH3 is 1. The monoisotopic (exact) mass is 212 g/mol. The third-order valence-electron chi connectivity index (χ3n) is 2.10. The Morgan fingerprint density at radius 2 is 2.07 bits per heavy atom. The molecule has 1 aromatic rings. The van der Waals surface area contributed by atoms with Gasteiger partial charge in [-0.05, 0) is 23.6 Å². The van der Waals surface area contributed by atoms with Gasteiger partial charge in [0.2, 0.25) is 0 Å². The van der Waals surface area contributed by atoms with Gasteiger partial charge in [-0.1, -0.05) is 25.4 Å². The van der Waals surface area contributed by atoms with Gasteiger partial charge in [-0.25, -0.2) is 0 Å². The summed E-state index contributed by atoms with van der Waals surface area (Å²) in [5, 5.41) is 0.534. The molecule has 0 radical (unpaired) electrons. The van der Waals surface area contributed by atoms with Gasteiger partial charge in [0, 0.05) is 5.56 Å². The minimum atomic E-state index is 0.206. The molecule has 3 heteroatoms. The van der Waals surface area contributed by atoms with Gasteiger partial charge in [-0.2, -0.15) is 0 Å². The summed E-state index contributed by atoms with van der Waals surface area (Å²) < 4.78 is 5.09. The topological polar surface area (TPSA) is 26.3 Å². The van der Waals surface area contributed by atoms with Gasteiger partial charge < -0.3 is 4.74 Å². The Morgan fingerprint density at radius 1 is 1.43 bits per heavy atom. The zero-order chi connectivity index (χ0) is 10.7. The van der Waals surface area contributed by atoms with Crippen LogP contribution in [0.1, 0.15) is 35.7 Å². The largest absolute Gasteiger partial charge is 0.495 e. The Hall–Kier alpha value is -1.02. The van der Waals surface area contributed by atoms with Gasteiger partial charge in [0.05, 0.1) is 12.1 Å². The predicted molar refractivity (Wildman–Crippen MR) is 57.5 cm³/mol. The Labute approximate surface area is 88.8 Å². The number of hydrogen-bond acceptors (Lipinski definition) is 2. The number of carbonyl (C=O) groups is 1. The fourth-order valence-corrected chi connectivity index (χ4v) is 1.90. The summed E-state index contributed by atoms with van der Waals surface area (Å²) in [6.45, 7) is 3.99. The van der Waals surface area contributed by atoms with E-state index in [1.807, 2.05) is 13.8 Å². The molecule has 2 nitrogen and oxygen atoms in total. The third-order valence-corrected chi connectivity index (χ3v) is 2.49. The van der Waals surface area contributed by atoms with Gasteiger partial charge in [0.1, 0.15) is 12.0 Å². The molecule has 0 aliphatic rings. The van der Waals surface area contributed by atoms with E-state index in [0.717, 1.165) is 11.8 Å². The second-order valence-corrected chi connectivity index (χ2v) is 3.74. The lowest BCUT2D eigenvalue weighted by atomic mass is 9.97. The van der Waals surface area contributed by atoms with E-state index in [4.69, 9.17) is 16.3 Å². The van der Waals surface area contributed by atoms with E-state index >= 15 is 0 Å². The Bertz CT molecular complexity index is 345. The highest BCUT2D eigenvalue weighted by Gasteiger charge is 2.14. The first-order valence-corrected chi connectivity index (χ1v) is 4.81. The van der Waals surface area contributed by atoms with Crippen LogP contribution >= 0.6 is 11.6 Å². The molecule has 0 aliphatic heterocycles. The van der Waals surface area contributed by atoms with Gasteiger partial charge in [0.15, 0.2) is 0 Å². The molecular formula is C11H13ClO2. The standard InChI is InChI=1S/C11H13ClO2/c1-7(2)10-8(6-13)4-5-9(14-3)11(10)12/h4-7H,1-3H3. The SMILES string of the molecule is COc1ccc(C=O)c(C(C)C)c1Cl. The molecule has 0 amide bonds. The van der Waals surface area contributed by atoms with Crippen LogP contribution in [0.3, 0.4) is 0 Å². The first-order chi connectivity index (χ1) is 6.61. The molecule has 0 heterocycles. The third kappa shape index (κ3) is 1.90. The fourth-order valence-electron chi connectivity index (χ4n) is 1.44. The molecule has 0 saturated carbocycles. The highest BCUT2D eigenvalue weighted by atomic mass is 35.5. The van der Waals surface area contributed by atoms with E-state index in [-0.39, 0.29) is 5.92 Å². The summed E-state index contributed by atoms with van der Waals surface area (Å²) in [4.78, 5) is 10.8. The summed E-state index contributed by atoms with van der Waals surface area (Å²) in [5.41, 5.74) is 1.48. The molecule has 0 unspecified atom stereocenters. The molecule has 0 bridgehead atoms. The van der Waals surface area contributed by atoms with Crippen LogP contribution in [-0.4, -0.2) is 13.4 Å². The minimum Gasteiger partial charge on any atom is -0.495 e. The van der Waals surface area contributed by atoms with Crippen molar-refractivity contribution in [2.75, 3.05) is 7.11 Å². The molecule has 0 atom stereocenters. The molecule has 1 rings (SSSR count). The van der Waals surface area contributed by atoms with Crippen LogP contribution in [0.5, 0.6) is 5.75 Å². The summed E-state index contributed by atoms with van der Waals surface area (Å²) in [5.74, 6) is 0.818. The Kier molecular flexibility index (Phi) is 3.53. The highest BCUT2D eigenvalue weighted by molar-refractivity contribution is 6.33. The van der Waals surface area contributed by atoms with Gasteiger partial charge in [0.25, 0.3) is 0 Å². The molecule has 76 valence electrons. The summed E-state index contributed by atoms with van der Waals surface area (Å²) >= 11 is 6.10. The van der Waals surface area contributed by atoms with E-state index in [0.29, 0.717) is 16.3 Å². The van der Waals surface area contributed by atoms with E-state index in [1.54, 1.807) is 19.2 Å². The van der Waals surface area contributed by atoms with Crippen molar-refractivity contribution >= 4 is 17.9 Å². The smallest absolute Gasteiger partial charge is 0.150 e. The van der Waals surface area contributed by atoms with E-state index < -0.39 is 0 Å². The zero-order valence-electron chi connectivity index (χ0n) is 8.50. The van der Waals surface area contributed by atoms with Crippen molar-refractivity contribution in [1.82, 2.24) is 0 Å². The van der Waals surface area contributed by atoms with Crippen LogP contribution < -0.4 is 4.74 Å². The van der Waals surface area contributed by atoms with Crippen molar-refractivity contribution in [1.29, 1.82) is 0 Å². The molecule has 1 aromatic carbocycles. The maximum Gasteiger partial charge on any atom is 0.150 e. The van der Waals surface area contributed by atoms with Crippen molar-refractivity contribution in [3.8, 4) is 5.75 Å². The quantitative estimate of drug-likeness (QED) is 0.719. The lowest BCUT2D eigenvalue weighted by Gasteiger charge is -2.13. The molecule has 0 aliphatic carbocycles. The van der Waals surface area contributed by atoms with Gasteiger partial charge in [-0.15, -0.1) is 0 Å². The lowest BCUT2D eigenvalue weighted by molar-refractivity contribution is 0.112.